The highest BCUT2D eigenvalue weighted by atomic mass is 16.5. The first-order chi connectivity index (χ1) is 12.9. The molecule has 1 aliphatic heterocycles. The maximum absolute atomic E-state index is 13.1. The Bertz CT molecular complexity index is 873. The highest BCUT2D eigenvalue weighted by Gasteiger charge is 2.51. The number of imide groups is 1. The third-order valence-corrected chi connectivity index (χ3v) is 4.65. The van der Waals surface area contributed by atoms with E-state index in [4.69, 9.17) is 9.15 Å². The Labute approximate surface area is 156 Å². The maximum Gasteiger partial charge on any atom is 0.373 e. The predicted molar refractivity (Wildman–Crippen MR) is 94.1 cm³/mol. The van der Waals surface area contributed by atoms with E-state index in [0.717, 1.165) is 4.90 Å². The van der Waals surface area contributed by atoms with Crippen molar-refractivity contribution in [3.63, 3.8) is 0 Å². The smallest absolute Gasteiger partial charge is 0.373 e. The van der Waals surface area contributed by atoms with Crippen LogP contribution in [0.1, 0.15) is 35.2 Å². The van der Waals surface area contributed by atoms with E-state index < -0.39 is 17.5 Å². The fourth-order valence-electron chi connectivity index (χ4n) is 3.11. The van der Waals surface area contributed by atoms with Crippen molar-refractivity contribution in [2.45, 2.75) is 25.4 Å². The number of carbonyl (C=O) groups is 3. The third kappa shape index (κ3) is 3.14. The quantitative estimate of drug-likeness (QED) is 0.618. The van der Waals surface area contributed by atoms with Gasteiger partial charge in [0.05, 0.1) is 20.8 Å². The van der Waals surface area contributed by atoms with Crippen molar-refractivity contribution in [3.8, 4) is 5.75 Å². The lowest BCUT2D eigenvalue weighted by molar-refractivity contribution is -0.132. The predicted octanol–water partition coefficient (Wildman–Crippen LogP) is 2.43. The SMILES string of the molecule is CCC1(c2ccc(OC)cc2)NC(=O)N(Cc2ccc(C(=O)OC)o2)C1=O. The van der Waals surface area contributed by atoms with Gasteiger partial charge in [-0.1, -0.05) is 19.1 Å². The Morgan fingerprint density at radius 1 is 1.15 bits per heavy atom. The Kier molecular flexibility index (Phi) is 4.89. The van der Waals surface area contributed by atoms with Crippen LogP contribution < -0.4 is 10.1 Å². The van der Waals surface area contributed by atoms with Crippen molar-refractivity contribution in [3.05, 3.63) is 53.5 Å². The summed E-state index contributed by atoms with van der Waals surface area (Å²) in [6.45, 7) is 1.74. The van der Waals surface area contributed by atoms with Gasteiger partial charge in [0.15, 0.2) is 0 Å². The summed E-state index contributed by atoms with van der Waals surface area (Å²) in [6, 6.07) is 9.45. The van der Waals surface area contributed by atoms with Crippen molar-refractivity contribution in [2.75, 3.05) is 14.2 Å². The van der Waals surface area contributed by atoms with E-state index in [1.54, 1.807) is 31.4 Å². The third-order valence-electron chi connectivity index (χ3n) is 4.65. The molecule has 1 unspecified atom stereocenters. The number of furan rings is 1. The molecule has 142 valence electrons. The number of nitrogens with zero attached hydrogens (tertiary/aromatic N) is 1. The Hall–Kier alpha value is -3.29. The van der Waals surface area contributed by atoms with E-state index in [9.17, 15) is 14.4 Å². The molecular weight excluding hydrogens is 352 g/mol. The molecule has 0 saturated carbocycles. The molecule has 1 saturated heterocycles. The molecule has 1 atom stereocenters. The fourth-order valence-corrected chi connectivity index (χ4v) is 3.11. The molecule has 3 amide bonds. The zero-order valence-electron chi connectivity index (χ0n) is 15.3. The second kappa shape index (κ2) is 7.14. The molecule has 0 bridgehead atoms. The van der Waals surface area contributed by atoms with Gasteiger partial charge in [-0.3, -0.25) is 9.69 Å². The van der Waals surface area contributed by atoms with Crippen LogP contribution >= 0.6 is 0 Å². The summed E-state index contributed by atoms with van der Waals surface area (Å²) in [7, 11) is 2.80. The number of amides is 3. The first-order valence-electron chi connectivity index (χ1n) is 8.41. The number of urea groups is 1. The van der Waals surface area contributed by atoms with Crippen LogP contribution in [0.4, 0.5) is 4.79 Å². The molecule has 0 aliphatic carbocycles. The Morgan fingerprint density at radius 2 is 1.85 bits per heavy atom. The normalized spacial score (nSPS) is 19.1. The molecule has 27 heavy (non-hydrogen) atoms. The number of methoxy groups -OCH3 is 2. The summed E-state index contributed by atoms with van der Waals surface area (Å²) in [5.74, 6) is -0.0303. The summed E-state index contributed by atoms with van der Waals surface area (Å²) in [5.41, 5.74) is -0.484. The van der Waals surface area contributed by atoms with Crippen LogP contribution in [-0.2, 0) is 21.6 Å². The van der Waals surface area contributed by atoms with Crippen molar-refractivity contribution < 1.29 is 28.3 Å². The average molecular weight is 372 g/mol. The van der Waals surface area contributed by atoms with Gasteiger partial charge in [0.1, 0.15) is 17.0 Å². The Morgan fingerprint density at radius 3 is 2.44 bits per heavy atom. The summed E-state index contributed by atoms with van der Waals surface area (Å²) >= 11 is 0. The molecular formula is C19H20N2O6. The minimum Gasteiger partial charge on any atom is -0.497 e. The standard InChI is InChI=1S/C19H20N2O6/c1-4-19(12-5-7-13(25-2)8-6-12)17(23)21(18(24)20-19)11-14-9-10-15(27-14)16(22)26-3/h5-10H,4,11H2,1-3H3,(H,20,24). The topological polar surface area (TPSA) is 98.1 Å². The lowest BCUT2D eigenvalue weighted by Gasteiger charge is -2.25. The average Bonchev–Trinajstić information content (AvgIpc) is 3.26. The van der Waals surface area contributed by atoms with E-state index in [0.29, 0.717) is 23.5 Å². The van der Waals surface area contributed by atoms with Gasteiger partial charge in [0.2, 0.25) is 5.76 Å². The van der Waals surface area contributed by atoms with Crippen molar-refractivity contribution in [1.29, 1.82) is 0 Å². The molecule has 2 heterocycles. The number of esters is 1. The van der Waals surface area contributed by atoms with Crippen LogP contribution in [-0.4, -0.2) is 37.0 Å². The number of benzene rings is 1. The summed E-state index contributed by atoms with van der Waals surface area (Å²) in [5, 5.41) is 2.80. The van der Waals surface area contributed by atoms with Gasteiger partial charge in [-0.15, -0.1) is 0 Å². The van der Waals surface area contributed by atoms with Crippen LogP contribution in [0.25, 0.3) is 0 Å². The molecule has 1 N–H and O–H groups in total. The van der Waals surface area contributed by atoms with Crippen LogP contribution in [0.3, 0.4) is 0 Å². The maximum atomic E-state index is 13.1. The zero-order valence-corrected chi connectivity index (χ0v) is 15.3. The van der Waals surface area contributed by atoms with Crippen molar-refractivity contribution >= 4 is 17.9 Å². The summed E-state index contributed by atoms with van der Waals surface area (Å²) < 4.78 is 15.1. The number of ether oxygens (including phenoxy) is 2. The molecule has 1 aromatic heterocycles. The van der Waals surface area contributed by atoms with Gasteiger partial charge in [0.25, 0.3) is 5.91 Å². The van der Waals surface area contributed by atoms with Crippen LogP contribution in [0.2, 0.25) is 0 Å². The van der Waals surface area contributed by atoms with E-state index in [1.165, 1.54) is 19.2 Å². The molecule has 8 heteroatoms. The zero-order chi connectivity index (χ0) is 19.6. The summed E-state index contributed by atoms with van der Waals surface area (Å²) in [6.07, 6.45) is 0.381. The lowest BCUT2D eigenvalue weighted by Crippen LogP contribution is -2.43. The number of carbonyl (C=O) groups excluding carboxylic acids is 3. The van der Waals surface area contributed by atoms with Gasteiger partial charge < -0.3 is 19.2 Å². The molecule has 1 aliphatic rings. The van der Waals surface area contributed by atoms with Crippen LogP contribution in [0.5, 0.6) is 5.75 Å². The second-order valence-corrected chi connectivity index (χ2v) is 6.07. The van der Waals surface area contributed by atoms with E-state index in [2.05, 4.69) is 10.1 Å². The lowest BCUT2D eigenvalue weighted by atomic mass is 9.87. The monoisotopic (exact) mass is 372 g/mol. The molecule has 2 aromatic rings. The van der Waals surface area contributed by atoms with Gasteiger partial charge in [-0.25, -0.2) is 9.59 Å². The van der Waals surface area contributed by atoms with E-state index in [-0.39, 0.29) is 18.2 Å². The number of hydrogen-bond acceptors (Lipinski definition) is 6. The minimum absolute atomic E-state index is 0.0106. The van der Waals surface area contributed by atoms with Crippen molar-refractivity contribution in [2.24, 2.45) is 0 Å². The first kappa shape index (κ1) is 18.5. The van der Waals surface area contributed by atoms with E-state index >= 15 is 0 Å². The Balaban J connectivity index is 1.86. The van der Waals surface area contributed by atoms with Gasteiger partial charge in [0, 0.05) is 0 Å². The first-order valence-corrected chi connectivity index (χ1v) is 8.41. The summed E-state index contributed by atoms with van der Waals surface area (Å²) in [4.78, 5) is 38.2. The van der Waals surface area contributed by atoms with Crippen molar-refractivity contribution in [1.82, 2.24) is 10.2 Å². The van der Waals surface area contributed by atoms with Gasteiger partial charge in [-0.2, -0.15) is 0 Å². The van der Waals surface area contributed by atoms with Gasteiger partial charge in [-0.05, 0) is 36.2 Å². The largest absolute Gasteiger partial charge is 0.497 e. The number of nitrogens with one attached hydrogen (secondary N) is 1. The molecule has 8 nitrogen and oxygen atoms in total. The number of hydrogen-bond donors (Lipinski definition) is 1. The molecule has 0 radical (unpaired) electrons. The number of rotatable bonds is 6. The minimum atomic E-state index is -1.15. The highest BCUT2D eigenvalue weighted by Crippen LogP contribution is 2.34. The fraction of sp³-hybridized carbons (Fsp3) is 0.316. The molecule has 1 aromatic carbocycles. The molecule has 0 spiro atoms. The molecule has 3 rings (SSSR count). The van der Waals surface area contributed by atoms with E-state index in [1.807, 2.05) is 6.92 Å². The highest BCUT2D eigenvalue weighted by molar-refractivity contribution is 6.07. The van der Waals surface area contributed by atoms with Crippen LogP contribution in [0.15, 0.2) is 40.8 Å². The van der Waals surface area contributed by atoms with Crippen LogP contribution in [0, 0.1) is 0 Å². The molecule has 1 fully saturated rings. The second-order valence-electron chi connectivity index (χ2n) is 6.07. The van der Waals surface area contributed by atoms with Gasteiger partial charge >= 0.3 is 12.0 Å².